The molecule has 1 aromatic carbocycles. The van der Waals surface area contributed by atoms with Crippen LogP contribution in [-0.2, 0) is 0 Å². The zero-order chi connectivity index (χ0) is 16.8. The monoisotopic (exact) mass is 333 g/mol. The minimum absolute atomic E-state index is 0.135. The van der Waals surface area contributed by atoms with Crippen LogP contribution in [0.2, 0.25) is 0 Å². The molecule has 0 spiro atoms. The molecular weight excluding hydrogens is 319 g/mol. The molecule has 1 aliphatic heterocycles. The summed E-state index contributed by atoms with van der Waals surface area (Å²) in [7, 11) is 0. The maximum atomic E-state index is 14.1. The van der Waals surface area contributed by atoms with Gasteiger partial charge in [0.25, 0.3) is 5.95 Å². The van der Waals surface area contributed by atoms with Crippen LogP contribution in [0.1, 0.15) is 24.4 Å². The Kier molecular flexibility index (Phi) is 3.33. The predicted octanol–water partition coefficient (Wildman–Crippen LogP) is 3.07. The number of fused-ring (bicyclic) bond motifs is 1. The Balaban J connectivity index is 1.77. The van der Waals surface area contributed by atoms with E-state index in [2.05, 4.69) is 10.1 Å². The third-order valence-corrected chi connectivity index (χ3v) is 4.33. The summed E-state index contributed by atoms with van der Waals surface area (Å²) < 4.78 is 42.4. The van der Waals surface area contributed by atoms with Gasteiger partial charge in [0.1, 0.15) is 23.1 Å². The standard InChI is InChI=1S/C16H14F3N5/c17-9-3-4-11(18)10(8-9)12-2-1-6-23(12)13-5-7-24-16(21-13)14(20)15(19)22-24/h3-5,7-8,12H,1-2,6,20H2/t12-/m1/s1. The molecule has 1 atom stereocenters. The molecule has 8 heteroatoms. The first kappa shape index (κ1) is 14.8. The maximum absolute atomic E-state index is 14.1. The van der Waals surface area contributed by atoms with E-state index >= 15 is 0 Å². The lowest BCUT2D eigenvalue weighted by Gasteiger charge is -2.26. The quantitative estimate of drug-likeness (QED) is 0.783. The Hall–Kier alpha value is -2.77. The number of hydrogen-bond donors (Lipinski definition) is 1. The van der Waals surface area contributed by atoms with Crippen LogP contribution in [0.4, 0.5) is 24.7 Å². The zero-order valence-electron chi connectivity index (χ0n) is 12.6. The summed E-state index contributed by atoms with van der Waals surface area (Å²) in [5, 5.41) is 3.62. The normalized spacial score (nSPS) is 17.8. The molecule has 0 radical (unpaired) electrons. The number of aromatic nitrogens is 3. The lowest BCUT2D eigenvalue weighted by Crippen LogP contribution is -2.24. The second-order valence-corrected chi connectivity index (χ2v) is 5.78. The molecule has 0 bridgehead atoms. The average molecular weight is 333 g/mol. The van der Waals surface area contributed by atoms with Crippen LogP contribution < -0.4 is 10.6 Å². The van der Waals surface area contributed by atoms with Gasteiger partial charge in [-0.05, 0) is 37.1 Å². The molecule has 1 aliphatic rings. The van der Waals surface area contributed by atoms with Gasteiger partial charge in [-0.3, -0.25) is 0 Å². The highest BCUT2D eigenvalue weighted by Crippen LogP contribution is 2.37. The van der Waals surface area contributed by atoms with Crippen molar-refractivity contribution in [3.8, 4) is 0 Å². The molecular formula is C16H14F3N5. The van der Waals surface area contributed by atoms with Gasteiger partial charge in [-0.2, -0.15) is 4.39 Å². The predicted molar refractivity (Wildman–Crippen MR) is 83.0 cm³/mol. The summed E-state index contributed by atoms with van der Waals surface area (Å²) in [6.07, 6.45) is 3.04. The lowest BCUT2D eigenvalue weighted by molar-refractivity contribution is 0.560. The van der Waals surface area contributed by atoms with Gasteiger partial charge in [-0.25, -0.2) is 18.3 Å². The molecule has 3 heterocycles. The van der Waals surface area contributed by atoms with Gasteiger partial charge in [0.15, 0.2) is 5.65 Å². The summed E-state index contributed by atoms with van der Waals surface area (Å²) in [5.74, 6) is -1.19. The highest BCUT2D eigenvalue weighted by atomic mass is 19.1. The first-order valence-electron chi connectivity index (χ1n) is 7.56. The van der Waals surface area contributed by atoms with Crippen molar-refractivity contribution in [2.75, 3.05) is 17.2 Å². The van der Waals surface area contributed by atoms with E-state index in [-0.39, 0.29) is 17.4 Å². The van der Waals surface area contributed by atoms with Crippen molar-refractivity contribution in [1.82, 2.24) is 14.6 Å². The van der Waals surface area contributed by atoms with Crippen molar-refractivity contribution in [2.45, 2.75) is 18.9 Å². The van der Waals surface area contributed by atoms with Crippen LogP contribution in [0, 0.1) is 17.6 Å². The molecule has 0 unspecified atom stereocenters. The molecule has 24 heavy (non-hydrogen) atoms. The summed E-state index contributed by atoms with van der Waals surface area (Å²) in [5.41, 5.74) is 6.01. The van der Waals surface area contributed by atoms with Crippen LogP contribution in [0.3, 0.4) is 0 Å². The fourth-order valence-corrected chi connectivity index (χ4v) is 3.20. The maximum Gasteiger partial charge on any atom is 0.258 e. The number of anilines is 2. The highest BCUT2D eigenvalue weighted by molar-refractivity contribution is 5.66. The Morgan fingerprint density at radius 2 is 2.00 bits per heavy atom. The van der Waals surface area contributed by atoms with Crippen molar-refractivity contribution >= 4 is 17.2 Å². The van der Waals surface area contributed by atoms with Gasteiger partial charge in [-0.1, -0.05) is 0 Å². The molecule has 2 N–H and O–H groups in total. The van der Waals surface area contributed by atoms with Crippen LogP contribution in [-0.4, -0.2) is 21.1 Å². The SMILES string of the molecule is Nc1c(F)nn2ccc(N3CCC[C@@H]3c3cc(F)ccc3F)nc12. The molecule has 1 fully saturated rings. The Morgan fingerprint density at radius 3 is 2.83 bits per heavy atom. The number of nitrogen functional groups attached to an aromatic ring is 1. The van der Waals surface area contributed by atoms with Gasteiger partial charge in [0.2, 0.25) is 0 Å². The summed E-state index contributed by atoms with van der Waals surface area (Å²) in [6, 6.07) is 4.77. The molecule has 4 rings (SSSR count). The number of nitrogens with two attached hydrogens (primary N) is 1. The molecule has 5 nitrogen and oxygen atoms in total. The first-order valence-corrected chi connectivity index (χ1v) is 7.56. The molecule has 124 valence electrons. The van der Waals surface area contributed by atoms with Gasteiger partial charge in [0, 0.05) is 18.3 Å². The van der Waals surface area contributed by atoms with Crippen molar-refractivity contribution in [3.05, 3.63) is 53.6 Å². The first-order chi connectivity index (χ1) is 11.5. The number of rotatable bonds is 2. The molecule has 3 aromatic rings. The fraction of sp³-hybridized carbons (Fsp3) is 0.250. The summed E-state index contributed by atoms with van der Waals surface area (Å²) in [4.78, 5) is 6.23. The van der Waals surface area contributed by atoms with E-state index in [9.17, 15) is 13.2 Å². The van der Waals surface area contributed by atoms with Gasteiger partial charge in [0.05, 0.1) is 6.04 Å². The van der Waals surface area contributed by atoms with Crippen LogP contribution in [0.25, 0.3) is 5.65 Å². The Morgan fingerprint density at radius 1 is 1.17 bits per heavy atom. The van der Waals surface area contributed by atoms with Crippen LogP contribution in [0.15, 0.2) is 30.5 Å². The van der Waals surface area contributed by atoms with Crippen molar-refractivity contribution in [1.29, 1.82) is 0 Å². The summed E-state index contributed by atoms with van der Waals surface area (Å²) in [6.45, 7) is 0.639. The lowest BCUT2D eigenvalue weighted by atomic mass is 10.0. The largest absolute Gasteiger partial charge is 0.392 e. The van der Waals surface area contributed by atoms with Crippen molar-refractivity contribution < 1.29 is 13.2 Å². The van der Waals surface area contributed by atoms with Gasteiger partial charge < -0.3 is 10.6 Å². The smallest absolute Gasteiger partial charge is 0.258 e. The Labute approximate surface area is 135 Å². The second-order valence-electron chi connectivity index (χ2n) is 5.78. The number of benzene rings is 1. The second kappa shape index (κ2) is 5.40. The van der Waals surface area contributed by atoms with Gasteiger partial charge in [-0.15, -0.1) is 5.10 Å². The average Bonchev–Trinajstić information content (AvgIpc) is 3.15. The van der Waals surface area contributed by atoms with Gasteiger partial charge >= 0.3 is 0 Å². The summed E-state index contributed by atoms with van der Waals surface area (Å²) >= 11 is 0. The Bertz CT molecular complexity index is 923. The third-order valence-electron chi connectivity index (χ3n) is 4.33. The third kappa shape index (κ3) is 2.26. The zero-order valence-corrected chi connectivity index (χ0v) is 12.6. The minimum Gasteiger partial charge on any atom is -0.392 e. The van der Waals surface area contributed by atoms with E-state index in [1.807, 2.05) is 4.90 Å². The van der Waals surface area contributed by atoms with E-state index in [1.165, 1.54) is 10.6 Å². The van der Waals surface area contributed by atoms with E-state index in [1.54, 1.807) is 12.3 Å². The highest BCUT2D eigenvalue weighted by Gasteiger charge is 2.30. The minimum atomic E-state index is -0.784. The van der Waals surface area contributed by atoms with E-state index in [0.717, 1.165) is 18.6 Å². The molecule has 2 aromatic heterocycles. The number of hydrogen-bond acceptors (Lipinski definition) is 4. The van der Waals surface area contributed by atoms with Crippen molar-refractivity contribution in [2.24, 2.45) is 0 Å². The number of halogens is 3. The molecule has 0 amide bonds. The van der Waals surface area contributed by atoms with E-state index in [0.29, 0.717) is 24.3 Å². The van der Waals surface area contributed by atoms with Crippen LogP contribution in [0.5, 0.6) is 0 Å². The van der Waals surface area contributed by atoms with Crippen LogP contribution >= 0.6 is 0 Å². The van der Waals surface area contributed by atoms with E-state index in [4.69, 9.17) is 5.73 Å². The number of nitrogens with zero attached hydrogens (tertiary/aromatic N) is 4. The molecule has 1 saturated heterocycles. The molecule has 0 aliphatic carbocycles. The van der Waals surface area contributed by atoms with Crippen molar-refractivity contribution in [3.63, 3.8) is 0 Å². The van der Waals surface area contributed by atoms with E-state index < -0.39 is 17.6 Å². The topological polar surface area (TPSA) is 59.4 Å². The fourth-order valence-electron chi connectivity index (χ4n) is 3.20. The molecule has 0 saturated carbocycles.